The van der Waals surface area contributed by atoms with Crippen LogP contribution < -0.4 is 24.3 Å². The van der Waals surface area contributed by atoms with E-state index < -0.39 is 0 Å². The average Bonchev–Trinajstić information content (AvgIpc) is 3.55. The van der Waals surface area contributed by atoms with Crippen LogP contribution in [0.3, 0.4) is 0 Å². The maximum absolute atomic E-state index is 12.6. The Morgan fingerprint density at radius 1 is 0.771 bits per heavy atom. The molecular weight excluding hydrogens is 450 g/mol. The van der Waals surface area contributed by atoms with Gasteiger partial charge in [0.1, 0.15) is 0 Å². The summed E-state index contributed by atoms with van der Waals surface area (Å²) in [6, 6.07) is 11.2. The average molecular weight is 478 g/mol. The molecule has 0 saturated carbocycles. The highest BCUT2D eigenvalue weighted by Crippen LogP contribution is 2.33. The van der Waals surface area contributed by atoms with Crippen molar-refractivity contribution in [1.29, 1.82) is 0 Å². The Kier molecular flexibility index (Phi) is 6.85. The molecule has 2 aromatic carbocycles. The van der Waals surface area contributed by atoms with Crippen LogP contribution in [0.15, 0.2) is 48.6 Å². The molecule has 1 saturated heterocycles. The number of hydrogen-bond acceptors (Lipinski definition) is 7. The van der Waals surface area contributed by atoms with Gasteiger partial charge in [-0.3, -0.25) is 14.5 Å². The second-order valence-electron chi connectivity index (χ2n) is 8.35. The molecule has 0 aliphatic carbocycles. The third kappa shape index (κ3) is 5.75. The van der Waals surface area contributed by atoms with Crippen LogP contribution in [0.4, 0.5) is 0 Å². The molecule has 9 heteroatoms. The molecule has 2 amide bonds. The Hall–Kier alpha value is -3.98. The van der Waals surface area contributed by atoms with Gasteiger partial charge < -0.3 is 29.2 Å². The first-order valence-corrected chi connectivity index (χ1v) is 11.6. The lowest BCUT2D eigenvalue weighted by atomic mass is 10.2. The molecule has 0 radical (unpaired) electrons. The number of amides is 2. The second-order valence-corrected chi connectivity index (χ2v) is 8.35. The number of nitrogens with zero attached hydrogens (tertiary/aromatic N) is 2. The van der Waals surface area contributed by atoms with Crippen molar-refractivity contribution in [2.75, 3.05) is 52.9 Å². The molecule has 0 atom stereocenters. The minimum atomic E-state index is -0.148. The van der Waals surface area contributed by atoms with E-state index >= 15 is 0 Å². The number of nitrogens with one attached hydrogen (secondary N) is 1. The van der Waals surface area contributed by atoms with E-state index in [1.54, 1.807) is 18.2 Å². The van der Waals surface area contributed by atoms with Crippen LogP contribution in [-0.2, 0) is 9.59 Å². The Balaban J connectivity index is 1.01. The lowest BCUT2D eigenvalue weighted by Gasteiger charge is -2.34. The SMILES string of the molecule is O=C(C=Cc1ccc2c(c1)OCO2)NCCN1CCN(C(=O)C=Cc2ccc3c(c2)OCO3)CC1. The molecule has 0 unspecified atom stereocenters. The quantitative estimate of drug-likeness (QED) is 0.611. The predicted octanol–water partition coefficient (Wildman–Crippen LogP) is 2.13. The minimum Gasteiger partial charge on any atom is -0.454 e. The molecule has 1 fully saturated rings. The third-order valence-electron chi connectivity index (χ3n) is 6.05. The summed E-state index contributed by atoms with van der Waals surface area (Å²) in [6.45, 7) is 4.58. The summed E-state index contributed by atoms with van der Waals surface area (Å²) in [4.78, 5) is 28.8. The first kappa shape index (κ1) is 22.8. The van der Waals surface area contributed by atoms with Crippen LogP contribution in [0.2, 0.25) is 0 Å². The first-order chi connectivity index (χ1) is 17.1. The third-order valence-corrected chi connectivity index (χ3v) is 6.05. The van der Waals surface area contributed by atoms with Gasteiger partial charge in [-0.1, -0.05) is 12.1 Å². The second kappa shape index (κ2) is 10.5. The summed E-state index contributed by atoms with van der Waals surface area (Å²) >= 11 is 0. The van der Waals surface area contributed by atoms with Crippen molar-refractivity contribution in [2.45, 2.75) is 0 Å². The van der Waals surface area contributed by atoms with E-state index in [2.05, 4.69) is 10.2 Å². The van der Waals surface area contributed by atoms with Gasteiger partial charge in [0.25, 0.3) is 0 Å². The fourth-order valence-corrected chi connectivity index (χ4v) is 4.07. The van der Waals surface area contributed by atoms with Crippen LogP contribution in [0.1, 0.15) is 11.1 Å². The topological polar surface area (TPSA) is 89.6 Å². The number of ether oxygens (including phenoxy) is 4. The largest absolute Gasteiger partial charge is 0.454 e. The van der Waals surface area contributed by atoms with Crippen molar-refractivity contribution < 1.29 is 28.5 Å². The molecule has 3 aliphatic rings. The first-order valence-electron chi connectivity index (χ1n) is 11.6. The molecule has 3 heterocycles. The number of benzene rings is 2. The Morgan fingerprint density at radius 2 is 1.34 bits per heavy atom. The minimum absolute atomic E-state index is 0.00993. The van der Waals surface area contributed by atoms with E-state index in [0.717, 1.165) is 36.5 Å². The van der Waals surface area contributed by atoms with Crippen molar-refractivity contribution in [3.05, 3.63) is 59.7 Å². The molecular formula is C26H27N3O6. The van der Waals surface area contributed by atoms with Crippen molar-refractivity contribution in [1.82, 2.24) is 15.1 Å². The lowest BCUT2D eigenvalue weighted by molar-refractivity contribution is -0.127. The normalized spacial score (nSPS) is 16.9. The van der Waals surface area contributed by atoms with Crippen LogP contribution in [0.25, 0.3) is 12.2 Å². The molecule has 0 bridgehead atoms. The molecule has 182 valence electrons. The predicted molar refractivity (Wildman–Crippen MR) is 129 cm³/mol. The molecule has 1 N–H and O–H groups in total. The number of rotatable bonds is 7. The Morgan fingerprint density at radius 3 is 1.97 bits per heavy atom. The van der Waals surface area contributed by atoms with E-state index in [1.165, 1.54) is 6.08 Å². The van der Waals surface area contributed by atoms with Gasteiger partial charge in [-0.15, -0.1) is 0 Å². The van der Waals surface area contributed by atoms with Crippen LogP contribution in [0, 0.1) is 0 Å². The highest BCUT2D eigenvalue weighted by Gasteiger charge is 2.19. The Bertz CT molecular complexity index is 1150. The van der Waals surface area contributed by atoms with E-state index in [4.69, 9.17) is 18.9 Å². The van der Waals surface area contributed by atoms with E-state index in [1.807, 2.05) is 41.3 Å². The van der Waals surface area contributed by atoms with Crippen molar-refractivity contribution in [3.8, 4) is 23.0 Å². The Labute approximate surface area is 203 Å². The van der Waals surface area contributed by atoms with E-state index in [0.29, 0.717) is 36.9 Å². The van der Waals surface area contributed by atoms with Gasteiger partial charge in [-0.2, -0.15) is 0 Å². The summed E-state index contributed by atoms with van der Waals surface area (Å²) in [6.07, 6.45) is 6.66. The van der Waals surface area contributed by atoms with Crippen molar-refractivity contribution >= 4 is 24.0 Å². The summed E-state index contributed by atoms with van der Waals surface area (Å²) in [7, 11) is 0. The summed E-state index contributed by atoms with van der Waals surface area (Å²) < 4.78 is 21.3. The fraction of sp³-hybridized carbons (Fsp3) is 0.308. The van der Waals surface area contributed by atoms with Crippen LogP contribution in [0.5, 0.6) is 23.0 Å². The van der Waals surface area contributed by atoms with Crippen LogP contribution in [-0.4, -0.2) is 74.5 Å². The summed E-state index contributed by atoms with van der Waals surface area (Å²) in [5, 5.41) is 2.91. The molecule has 0 spiro atoms. The molecule has 35 heavy (non-hydrogen) atoms. The summed E-state index contributed by atoms with van der Waals surface area (Å²) in [5.41, 5.74) is 1.77. The number of carbonyl (C=O) groups is 2. The number of piperazine rings is 1. The van der Waals surface area contributed by atoms with Crippen LogP contribution >= 0.6 is 0 Å². The molecule has 0 aromatic heterocycles. The molecule has 9 nitrogen and oxygen atoms in total. The number of carbonyl (C=O) groups excluding carboxylic acids is 2. The monoisotopic (exact) mass is 477 g/mol. The van der Waals surface area contributed by atoms with Gasteiger partial charge in [0.15, 0.2) is 23.0 Å². The standard InChI is InChI=1S/C26H27N3O6/c30-25(7-3-19-1-5-21-23(15-19)34-17-32-21)27-9-10-28-11-13-29(14-12-28)26(31)8-4-20-2-6-22-24(16-20)35-18-33-22/h1-8,15-16H,9-14,17-18H2,(H,27,30). The van der Waals surface area contributed by atoms with Gasteiger partial charge in [0.2, 0.25) is 25.4 Å². The van der Waals surface area contributed by atoms with Gasteiger partial charge in [0, 0.05) is 51.4 Å². The lowest BCUT2D eigenvalue weighted by Crippen LogP contribution is -2.49. The molecule has 3 aliphatic heterocycles. The zero-order chi connectivity index (χ0) is 24.0. The van der Waals surface area contributed by atoms with E-state index in [-0.39, 0.29) is 25.4 Å². The highest BCUT2D eigenvalue weighted by atomic mass is 16.7. The van der Waals surface area contributed by atoms with Gasteiger partial charge >= 0.3 is 0 Å². The van der Waals surface area contributed by atoms with Gasteiger partial charge in [-0.25, -0.2) is 0 Å². The number of hydrogen-bond donors (Lipinski definition) is 1. The zero-order valence-corrected chi connectivity index (χ0v) is 19.3. The smallest absolute Gasteiger partial charge is 0.246 e. The maximum atomic E-state index is 12.6. The summed E-state index contributed by atoms with van der Waals surface area (Å²) in [5.74, 6) is 2.67. The van der Waals surface area contributed by atoms with Gasteiger partial charge in [-0.05, 0) is 47.5 Å². The fourth-order valence-electron chi connectivity index (χ4n) is 4.07. The number of fused-ring (bicyclic) bond motifs is 2. The van der Waals surface area contributed by atoms with Crippen molar-refractivity contribution in [3.63, 3.8) is 0 Å². The maximum Gasteiger partial charge on any atom is 0.246 e. The van der Waals surface area contributed by atoms with Gasteiger partial charge in [0.05, 0.1) is 0 Å². The molecule has 5 rings (SSSR count). The van der Waals surface area contributed by atoms with E-state index in [9.17, 15) is 9.59 Å². The highest BCUT2D eigenvalue weighted by molar-refractivity contribution is 5.92. The zero-order valence-electron chi connectivity index (χ0n) is 19.3. The molecule has 2 aromatic rings. The van der Waals surface area contributed by atoms with Crippen molar-refractivity contribution in [2.24, 2.45) is 0 Å².